The van der Waals surface area contributed by atoms with E-state index in [9.17, 15) is 18.8 Å². The second-order valence-corrected chi connectivity index (χ2v) is 8.43. The standard InChI is InChI=1S/C20H16ClFN2O3S2/c21-14-5-7-15(8-6-14)28-12-18(25)23-9-10-24-19(26)17(29-20(24)27)11-13-3-1-2-4-16(13)22/h1-8,11H,9-10,12H2,(H,23,25)/b17-11-. The minimum absolute atomic E-state index is 0.0522. The number of carbonyl (C=O) groups is 3. The fraction of sp³-hybridized carbons (Fsp3) is 0.150. The van der Waals surface area contributed by atoms with E-state index in [4.69, 9.17) is 11.6 Å². The second-order valence-electron chi connectivity index (χ2n) is 5.95. The van der Waals surface area contributed by atoms with E-state index >= 15 is 0 Å². The van der Waals surface area contributed by atoms with Gasteiger partial charge in [-0.15, -0.1) is 11.8 Å². The Morgan fingerprint density at radius 1 is 1.17 bits per heavy atom. The van der Waals surface area contributed by atoms with Crippen molar-refractivity contribution < 1.29 is 18.8 Å². The summed E-state index contributed by atoms with van der Waals surface area (Å²) in [5.74, 6) is -0.965. The molecule has 0 atom stereocenters. The fourth-order valence-corrected chi connectivity index (χ4v) is 4.17. The molecule has 1 saturated heterocycles. The van der Waals surface area contributed by atoms with Crippen molar-refractivity contribution in [2.45, 2.75) is 4.90 Å². The van der Waals surface area contributed by atoms with E-state index in [0.717, 1.165) is 21.6 Å². The van der Waals surface area contributed by atoms with E-state index in [-0.39, 0.29) is 35.2 Å². The number of thioether (sulfide) groups is 2. The fourth-order valence-electron chi connectivity index (χ4n) is 2.46. The first kappa shape index (κ1) is 21.4. The maximum absolute atomic E-state index is 13.8. The summed E-state index contributed by atoms with van der Waals surface area (Å²) in [6.07, 6.45) is 1.36. The van der Waals surface area contributed by atoms with Crippen molar-refractivity contribution in [3.63, 3.8) is 0 Å². The normalized spacial score (nSPS) is 15.2. The highest BCUT2D eigenvalue weighted by Crippen LogP contribution is 2.32. The number of hydrogen-bond donors (Lipinski definition) is 1. The summed E-state index contributed by atoms with van der Waals surface area (Å²) in [7, 11) is 0. The predicted molar refractivity (Wildman–Crippen MR) is 114 cm³/mol. The van der Waals surface area contributed by atoms with Crippen LogP contribution in [0.5, 0.6) is 0 Å². The highest BCUT2D eigenvalue weighted by atomic mass is 35.5. The molecule has 0 saturated carbocycles. The van der Waals surface area contributed by atoms with Gasteiger partial charge >= 0.3 is 0 Å². The van der Waals surface area contributed by atoms with Crippen LogP contribution in [0.1, 0.15) is 5.56 Å². The molecule has 2 aromatic carbocycles. The van der Waals surface area contributed by atoms with Crippen molar-refractivity contribution in [3.8, 4) is 0 Å². The maximum atomic E-state index is 13.8. The molecule has 1 aliphatic rings. The maximum Gasteiger partial charge on any atom is 0.293 e. The van der Waals surface area contributed by atoms with Gasteiger partial charge in [-0.1, -0.05) is 29.8 Å². The average molecular weight is 451 g/mol. The van der Waals surface area contributed by atoms with Crippen molar-refractivity contribution in [2.24, 2.45) is 0 Å². The summed E-state index contributed by atoms with van der Waals surface area (Å²) in [4.78, 5) is 38.6. The molecule has 0 aromatic heterocycles. The van der Waals surface area contributed by atoms with Crippen LogP contribution in [0.25, 0.3) is 6.08 Å². The van der Waals surface area contributed by atoms with Gasteiger partial charge in [-0.2, -0.15) is 0 Å². The number of hydrogen-bond acceptors (Lipinski definition) is 5. The third-order valence-corrected chi connectivity index (χ3v) is 6.08. The zero-order chi connectivity index (χ0) is 20.8. The van der Waals surface area contributed by atoms with Crippen LogP contribution in [0, 0.1) is 5.82 Å². The number of imide groups is 1. The first-order chi connectivity index (χ1) is 13.9. The van der Waals surface area contributed by atoms with Gasteiger partial charge in [0.05, 0.1) is 10.7 Å². The molecular formula is C20H16ClFN2O3S2. The molecule has 2 aromatic rings. The van der Waals surface area contributed by atoms with Crippen LogP contribution < -0.4 is 5.32 Å². The minimum Gasteiger partial charge on any atom is -0.354 e. The Labute approximate surface area is 180 Å². The largest absolute Gasteiger partial charge is 0.354 e. The van der Waals surface area contributed by atoms with Gasteiger partial charge in [-0.3, -0.25) is 19.3 Å². The summed E-state index contributed by atoms with van der Waals surface area (Å²) in [6.45, 7) is 0.196. The van der Waals surface area contributed by atoms with Gasteiger partial charge in [0.15, 0.2) is 0 Å². The summed E-state index contributed by atoms with van der Waals surface area (Å²) in [6, 6.07) is 13.1. The van der Waals surface area contributed by atoms with Gasteiger partial charge in [-0.25, -0.2) is 4.39 Å². The van der Waals surface area contributed by atoms with Crippen LogP contribution in [0.15, 0.2) is 58.3 Å². The van der Waals surface area contributed by atoms with Crippen molar-refractivity contribution in [3.05, 3.63) is 69.8 Å². The molecule has 1 fully saturated rings. The molecule has 1 aliphatic heterocycles. The first-order valence-electron chi connectivity index (χ1n) is 8.59. The minimum atomic E-state index is -0.493. The molecule has 0 bridgehead atoms. The number of halogens is 2. The number of carbonyl (C=O) groups excluding carboxylic acids is 3. The lowest BCUT2D eigenvalue weighted by Gasteiger charge is -2.13. The topological polar surface area (TPSA) is 66.5 Å². The SMILES string of the molecule is O=C(CSc1ccc(Cl)cc1)NCCN1C(=O)S/C(=C\c2ccccc2F)C1=O. The van der Waals surface area contributed by atoms with Gasteiger partial charge in [0.1, 0.15) is 5.82 Å². The zero-order valence-corrected chi connectivity index (χ0v) is 17.5. The summed E-state index contributed by atoms with van der Waals surface area (Å²) in [5, 5.41) is 2.87. The monoisotopic (exact) mass is 450 g/mol. The lowest BCUT2D eigenvalue weighted by atomic mass is 10.2. The van der Waals surface area contributed by atoms with Crippen molar-refractivity contribution in [1.29, 1.82) is 0 Å². The van der Waals surface area contributed by atoms with Gasteiger partial charge in [-0.05, 0) is 48.2 Å². The number of amides is 3. The van der Waals surface area contributed by atoms with E-state index in [1.165, 1.54) is 30.0 Å². The molecule has 3 rings (SSSR count). The van der Waals surface area contributed by atoms with Crippen LogP contribution in [0.3, 0.4) is 0 Å². The molecule has 29 heavy (non-hydrogen) atoms. The Bertz CT molecular complexity index is 966. The van der Waals surface area contributed by atoms with Gasteiger partial charge in [0, 0.05) is 28.6 Å². The smallest absolute Gasteiger partial charge is 0.293 e. The molecule has 1 N–H and O–H groups in total. The van der Waals surface area contributed by atoms with Gasteiger partial charge in [0.25, 0.3) is 11.1 Å². The average Bonchev–Trinajstić information content (AvgIpc) is 2.96. The van der Waals surface area contributed by atoms with Crippen LogP contribution in [0.2, 0.25) is 5.02 Å². The Morgan fingerprint density at radius 2 is 1.90 bits per heavy atom. The Balaban J connectivity index is 1.48. The van der Waals surface area contributed by atoms with Crippen molar-refractivity contribution >= 4 is 58.3 Å². The number of nitrogens with one attached hydrogen (secondary N) is 1. The van der Waals surface area contributed by atoms with E-state index in [0.29, 0.717) is 5.02 Å². The molecule has 0 aliphatic carbocycles. The van der Waals surface area contributed by atoms with Crippen LogP contribution in [-0.2, 0) is 9.59 Å². The lowest BCUT2D eigenvalue weighted by Crippen LogP contribution is -2.37. The molecule has 1 heterocycles. The quantitative estimate of drug-likeness (QED) is 0.499. The second kappa shape index (κ2) is 9.96. The molecule has 3 amide bonds. The summed E-state index contributed by atoms with van der Waals surface area (Å²) >= 11 is 7.93. The third-order valence-electron chi connectivity index (χ3n) is 3.91. The van der Waals surface area contributed by atoms with Crippen LogP contribution >= 0.6 is 35.1 Å². The molecule has 0 radical (unpaired) electrons. The van der Waals surface area contributed by atoms with Crippen molar-refractivity contribution in [1.82, 2.24) is 10.2 Å². The van der Waals surface area contributed by atoms with Crippen molar-refractivity contribution in [2.75, 3.05) is 18.8 Å². The molecule has 150 valence electrons. The molecule has 5 nitrogen and oxygen atoms in total. The van der Waals surface area contributed by atoms with Crippen LogP contribution in [0.4, 0.5) is 9.18 Å². The zero-order valence-electron chi connectivity index (χ0n) is 15.1. The molecular weight excluding hydrogens is 435 g/mol. The van der Waals surface area contributed by atoms with Crippen LogP contribution in [-0.4, -0.2) is 40.8 Å². The van der Waals surface area contributed by atoms with E-state index in [1.807, 2.05) is 12.1 Å². The number of benzene rings is 2. The first-order valence-corrected chi connectivity index (χ1v) is 10.8. The van der Waals surface area contributed by atoms with E-state index in [1.54, 1.807) is 24.3 Å². The highest BCUT2D eigenvalue weighted by Gasteiger charge is 2.34. The molecule has 9 heteroatoms. The van der Waals surface area contributed by atoms with E-state index < -0.39 is 17.0 Å². The van der Waals surface area contributed by atoms with E-state index in [2.05, 4.69) is 5.32 Å². The number of nitrogens with zero attached hydrogens (tertiary/aromatic N) is 1. The van der Waals surface area contributed by atoms with Gasteiger partial charge < -0.3 is 5.32 Å². The molecule has 0 spiro atoms. The molecule has 0 unspecified atom stereocenters. The summed E-state index contributed by atoms with van der Waals surface area (Å²) < 4.78 is 13.8. The lowest BCUT2D eigenvalue weighted by molar-refractivity contribution is -0.123. The third kappa shape index (κ3) is 5.85. The Hall–Kier alpha value is -2.29. The summed E-state index contributed by atoms with van der Waals surface area (Å²) in [5.41, 5.74) is 0.241. The Kier molecular flexibility index (Phi) is 7.35. The Morgan fingerprint density at radius 3 is 2.62 bits per heavy atom. The highest BCUT2D eigenvalue weighted by molar-refractivity contribution is 8.18. The number of rotatable bonds is 7. The predicted octanol–water partition coefficient (Wildman–Crippen LogP) is 4.42. The van der Waals surface area contributed by atoms with Gasteiger partial charge in [0.2, 0.25) is 5.91 Å².